The molecule has 1 saturated heterocycles. The van der Waals surface area contributed by atoms with E-state index in [0.717, 1.165) is 21.3 Å². The lowest BCUT2D eigenvalue weighted by atomic mass is 10.2. The van der Waals surface area contributed by atoms with Crippen LogP contribution < -0.4 is 5.32 Å². The highest BCUT2D eigenvalue weighted by Crippen LogP contribution is 2.35. The van der Waals surface area contributed by atoms with Gasteiger partial charge < -0.3 is 5.32 Å². The molecule has 1 aliphatic heterocycles. The molecule has 8 heteroatoms. The number of nitrogens with one attached hydrogen (secondary N) is 1. The van der Waals surface area contributed by atoms with Crippen molar-refractivity contribution in [1.82, 2.24) is 15.0 Å². The summed E-state index contributed by atoms with van der Waals surface area (Å²) in [5.41, 5.74) is 1.98. The van der Waals surface area contributed by atoms with Gasteiger partial charge in [0.25, 0.3) is 0 Å². The third kappa shape index (κ3) is 3.11. The topological polar surface area (TPSA) is 84.8 Å². The van der Waals surface area contributed by atoms with Gasteiger partial charge in [0.1, 0.15) is 10.6 Å². The second-order valence-corrected chi connectivity index (χ2v) is 9.78. The van der Waals surface area contributed by atoms with Gasteiger partial charge in [0.15, 0.2) is 15.7 Å². The molecule has 0 unspecified atom stereocenters. The molecule has 4 rings (SSSR count). The molecule has 0 radical (unpaired) electrons. The van der Waals surface area contributed by atoms with E-state index in [-0.39, 0.29) is 17.5 Å². The standard InChI is InChI=1S/C17H18N4O2S2/c1-10-11(2)24-17-14(10)16(19-13-5-7-25(22,23)9-13)20-15(21-17)12-4-3-6-18-8-12/h3-4,6,8,13H,5,7,9H2,1-2H3,(H,19,20,21)/t13-/m1/s1. The Kier molecular flexibility index (Phi) is 3.96. The number of hydrogen-bond donors (Lipinski definition) is 1. The lowest BCUT2D eigenvalue weighted by molar-refractivity contribution is 0.602. The first-order chi connectivity index (χ1) is 11.9. The van der Waals surface area contributed by atoms with Crippen LogP contribution in [0.15, 0.2) is 24.5 Å². The summed E-state index contributed by atoms with van der Waals surface area (Å²) in [4.78, 5) is 15.6. The van der Waals surface area contributed by atoms with E-state index in [1.807, 2.05) is 12.1 Å². The fraction of sp³-hybridized carbons (Fsp3) is 0.353. The van der Waals surface area contributed by atoms with Gasteiger partial charge in [-0.15, -0.1) is 11.3 Å². The van der Waals surface area contributed by atoms with Crippen LogP contribution in [0.3, 0.4) is 0 Å². The smallest absolute Gasteiger partial charge is 0.164 e. The monoisotopic (exact) mass is 374 g/mol. The van der Waals surface area contributed by atoms with E-state index < -0.39 is 9.84 Å². The molecule has 6 nitrogen and oxygen atoms in total. The molecule has 3 aromatic heterocycles. The number of nitrogens with zero attached hydrogens (tertiary/aromatic N) is 3. The van der Waals surface area contributed by atoms with E-state index in [1.54, 1.807) is 23.7 Å². The molecule has 1 N–H and O–H groups in total. The Balaban J connectivity index is 1.83. The highest BCUT2D eigenvalue weighted by molar-refractivity contribution is 7.91. The second-order valence-electron chi connectivity index (χ2n) is 6.35. The van der Waals surface area contributed by atoms with Crippen molar-refractivity contribution in [3.05, 3.63) is 35.0 Å². The minimum Gasteiger partial charge on any atom is -0.366 e. The lowest BCUT2D eigenvalue weighted by Gasteiger charge is -2.14. The molecule has 3 aromatic rings. The zero-order valence-corrected chi connectivity index (χ0v) is 15.6. The Bertz CT molecular complexity index is 1050. The number of fused-ring (bicyclic) bond motifs is 1. The lowest BCUT2D eigenvalue weighted by Crippen LogP contribution is -2.21. The summed E-state index contributed by atoms with van der Waals surface area (Å²) in [6.07, 6.45) is 4.06. The van der Waals surface area contributed by atoms with Gasteiger partial charge in [0.05, 0.1) is 16.9 Å². The van der Waals surface area contributed by atoms with Crippen molar-refractivity contribution in [2.24, 2.45) is 0 Å². The molecule has 0 spiro atoms. The van der Waals surface area contributed by atoms with Crippen molar-refractivity contribution >= 4 is 37.2 Å². The highest BCUT2D eigenvalue weighted by atomic mass is 32.2. The summed E-state index contributed by atoms with van der Waals surface area (Å²) in [5, 5.41) is 4.35. The van der Waals surface area contributed by atoms with Gasteiger partial charge in [0, 0.05) is 28.9 Å². The van der Waals surface area contributed by atoms with Crippen molar-refractivity contribution in [2.45, 2.75) is 26.3 Å². The quantitative estimate of drug-likeness (QED) is 0.759. The van der Waals surface area contributed by atoms with Gasteiger partial charge >= 0.3 is 0 Å². The van der Waals surface area contributed by atoms with Gasteiger partial charge in [-0.25, -0.2) is 18.4 Å². The maximum atomic E-state index is 11.8. The van der Waals surface area contributed by atoms with E-state index in [9.17, 15) is 8.42 Å². The molecule has 0 bridgehead atoms. The second kappa shape index (κ2) is 6.03. The number of thiophene rings is 1. The predicted molar refractivity (Wildman–Crippen MR) is 101 cm³/mol. The zero-order valence-electron chi connectivity index (χ0n) is 14.0. The van der Waals surface area contributed by atoms with Crippen molar-refractivity contribution in [3.63, 3.8) is 0 Å². The van der Waals surface area contributed by atoms with Crippen molar-refractivity contribution in [2.75, 3.05) is 16.8 Å². The average Bonchev–Trinajstić information content (AvgIpc) is 3.07. The highest BCUT2D eigenvalue weighted by Gasteiger charge is 2.29. The van der Waals surface area contributed by atoms with Gasteiger partial charge in [-0.2, -0.15) is 0 Å². The normalized spacial score (nSPS) is 19.4. The van der Waals surface area contributed by atoms with E-state index in [2.05, 4.69) is 24.1 Å². The molecule has 130 valence electrons. The Morgan fingerprint density at radius 3 is 2.80 bits per heavy atom. The number of aryl methyl sites for hydroxylation is 2. The number of aromatic nitrogens is 3. The average molecular weight is 374 g/mol. The largest absolute Gasteiger partial charge is 0.366 e. The van der Waals surface area contributed by atoms with Gasteiger partial charge in [0.2, 0.25) is 0 Å². The van der Waals surface area contributed by atoms with Crippen molar-refractivity contribution in [1.29, 1.82) is 0 Å². The summed E-state index contributed by atoms with van der Waals surface area (Å²) >= 11 is 1.63. The Hall–Kier alpha value is -2.06. The Labute approximate surface area is 150 Å². The number of sulfone groups is 1. The van der Waals surface area contributed by atoms with Crippen LogP contribution in [0, 0.1) is 13.8 Å². The maximum Gasteiger partial charge on any atom is 0.164 e. The predicted octanol–water partition coefficient (Wildman–Crippen LogP) is 2.97. The summed E-state index contributed by atoms with van der Waals surface area (Å²) in [7, 11) is -2.95. The first-order valence-corrected chi connectivity index (χ1v) is 10.7. The first-order valence-electron chi connectivity index (χ1n) is 8.08. The summed E-state index contributed by atoms with van der Waals surface area (Å²) < 4.78 is 23.6. The molecule has 1 aliphatic rings. The SMILES string of the molecule is Cc1sc2nc(-c3cccnc3)nc(N[C@@H]3CCS(=O)(=O)C3)c2c1C. The third-order valence-electron chi connectivity index (χ3n) is 4.52. The fourth-order valence-electron chi connectivity index (χ4n) is 3.08. The van der Waals surface area contributed by atoms with E-state index in [1.165, 1.54) is 4.88 Å². The minimum absolute atomic E-state index is 0.107. The van der Waals surface area contributed by atoms with Crippen LogP contribution in [0.5, 0.6) is 0 Å². The Morgan fingerprint density at radius 1 is 1.28 bits per heavy atom. The molecule has 1 fully saturated rings. The molecule has 0 aliphatic carbocycles. The summed E-state index contributed by atoms with van der Waals surface area (Å²) in [5.74, 6) is 1.71. The number of anilines is 1. The minimum atomic E-state index is -2.95. The van der Waals surface area contributed by atoms with Gasteiger partial charge in [-0.05, 0) is 38.0 Å². The fourth-order valence-corrected chi connectivity index (χ4v) is 5.78. The van der Waals surface area contributed by atoms with Crippen LogP contribution in [0.4, 0.5) is 5.82 Å². The van der Waals surface area contributed by atoms with Crippen LogP contribution in [0.1, 0.15) is 16.9 Å². The van der Waals surface area contributed by atoms with Crippen LogP contribution in [-0.2, 0) is 9.84 Å². The molecule has 1 atom stereocenters. The molecule has 0 aromatic carbocycles. The van der Waals surface area contributed by atoms with E-state index >= 15 is 0 Å². The third-order valence-corrected chi connectivity index (χ3v) is 7.39. The van der Waals surface area contributed by atoms with E-state index in [0.29, 0.717) is 18.1 Å². The Morgan fingerprint density at radius 2 is 2.12 bits per heavy atom. The first kappa shape index (κ1) is 16.4. The molecular formula is C17H18N4O2S2. The summed E-state index contributed by atoms with van der Waals surface area (Å²) in [6.45, 7) is 4.12. The molecule has 0 amide bonds. The molecule has 25 heavy (non-hydrogen) atoms. The molecule has 0 saturated carbocycles. The van der Waals surface area contributed by atoms with Crippen LogP contribution in [0.2, 0.25) is 0 Å². The number of pyridine rings is 1. The molecule has 4 heterocycles. The molecular weight excluding hydrogens is 356 g/mol. The van der Waals surface area contributed by atoms with Gasteiger partial charge in [-0.3, -0.25) is 4.98 Å². The maximum absolute atomic E-state index is 11.8. The van der Waals surface area contributed by atoms with Gasteiger partial charge in [-0.1, -0.05) is 0 Å². The number of hydrogen-bond acceptors (Lipinski definition) is 7. The number of rotatable bonds is 3. The summed E-state index contributed by atoms with van der Waals surface area (Å²) in [6, 6.07) is 3.67. The van der Waals surface area contributed by atoms with Crippen LogP contribution in [-0.4, -0.2) is 40.9 Å². The van der Waals surface area contributed by atoms with E-state index in [4.69, 9.17) is 9.97 Å². The van der Waals surface area contributed by atoms with Crippen LogP contribution >= 0.6 is 11.3 Å². The van der Waals surface area contributed by atoms with Crippen molar-refractivity contribution < 1.29 is 8.42 Å². The van der Waals surface area contributed by atoms with Crippen LogP contribution in [0.25, 0.3) is 21.6 Å². The zero-order chi connectivity index (χ0) is 17.6. The van der Waals surface area contributed by atoms with Crippen molar-refractivity contribution in [3.8, 4) is 11.4 Å².